The van der Waals surface area contributed by atoms with E-state index in [0.717, 1.165) is 27.9 Å². The Hall–Kier alpha value is -3.73. The number of hydrazone groups is 1. The molecule has 0 spiro atoms. The van der Waals surface area contributed by atoms with Crippen LogP contribution in [-0.4, -0.2) is 21.9 Å². The van der Waals surface area contributed by atoms with Crippen molar-refractivity contribution in [1.29, 1.82) is 0 Å². The van der Waals surface area contributed by atoms with Crippen LogP contribution in [0.2, 0.25) is 0 Å². The molecule has 29 heavy (non-hydrogen) atoms. The molecule has 1 aromatic heterocycles. The molecule has 1 N–H and O–H groups in total. The van der Waals surface area contributed by atoms with Gasteiger partial charge in [-0.05, 0) is 60.0 Å². The van der Waals surface area contributed by atoms with Crippen LogP contribution in [0.25, 0.3) is 10.8 Å². The summed E-state index contributed by atoms with van der Waals surface area (Å²) >= 11 is 0. The molecular formula is C24H22N4O. The second-order valence-electron chi connectivity index (χ2n) is 7.09. The number of benzene rings is 3. The molecule has 0 fully saturated rings. The second kappa shape index (κ2) is 8.10. The van der Waals surface area contributed by atoms with E-state index in [1.165, 1.54) is 5.39 Å². The summed E-state index contributed by atoms with van der Waals surface area (Å²) < 4.78 is 1.93. The molecule has 144 valence electrons. The quantitative estimate of drug-likeness (QED) is 0.409. The lowest BCUT2D eigenvalue weighted by molar-refractivity contribution is 0.0955. The number of nitrogens with zero attached hydrogens (tertiary/aromatic N) is 3. The van der Waals surface area contributed by atoms with Gasteiger partial charge >= 0.3 is 0 Å². The van der Waals surface area contributed by atoms with Crippen molar-refractivity contribution in [3.63, 3.8) is 0 Å². The van der Waals surface area contributed by atoms with Gasteiger partial charge in [0, 0.05) is 11.3 Å². The van der Waals surface area contributed by atoms with Crippen molar-refractivity contribution in [2.45, 2.75) is 20.4 Å². The third kappa shape index (κ3) is 4.41. The number of rotatable bonds is 5. The highest BCUT2D eigenvalue weighted by atomic mass is 16.2. The van der Waals surface area contributed by atoms with E-state index in [0.29, 0.717) is 12.1 Å². The first-order chi connectivity index (χ1) is 14.1. The van der Waals surface area contributed by atoms with Crippen molar-refractivity contribution < 1.29 is 4.79 Å². The summed E-state index contributed by atoms with van der Waals surface area (Å²) in [5, 5.41) is 10.9. The Morgan fingerprint density at radius 3 is 2.62 bits per heavy atom. The number of hydrogen-bond acceptors (Lipinski definition) is 3. The number of amides is 1. The molecular weight excluding hydrogens is 360 g/mol. The van der Waals surface area contributed by atoms with Crippen LogP contribution in [-0.2, 0) is 6.54 Å². The zero-order valence-electron chi connectivity index (χ0n) is 16.5. The number of carbonyl (C=O) groups is 1. The summed E-state index contributed by atoms with van der Waals surface area (Å²) in [7, 11) is 0. The largest absolute Gasteiger partial charge is 0.271 e. The molecule has 4 rings (SSSR count). The van der Waals surface area contributed by atoms with Crippen LogP contribution in [0.4, 0.5) is 0 Å². The van der Waals surface area contributed by atoms with Crippen molar-refractivity contribution in [3.8, 4) is 0 Å². The summed E-state index contributed by atoms with van der Waals surface area (Å²) in [6.45, 7) is 4.63. The lowest BCUT2D eigenvalue weighted by Crippen LogP contribution is -2.18. The SMILES string of the molecule is Cc1cc(C)n(Cc2cccc(C(=O)N/N=C/c3ccc4ccccc4c3)c2)n1. The maximum Gasteiger partial charge on any atom is 0.271 e. The van der Waals surface area contributed by atoms with Gasteiger partial charge in [0.05, 0.1) is 18.5 Å². The highest BCUT2D eigenvalue weighted by molar-refractivity contribution is 5.95. The van der Waals surface area contributed by atoms with Gasteiger partial charge in [-0.25, -0.2) is 5.43 Å². The van der Waals surface area contributed by atoms with Crippen molar-refractivity contribution in [2.75, 3.05) is 0 Å². The van der Waals surface area contributed by atoms with Gasteiger partial charge in [0.2, 0.25) is 0 Å². The fraction of sp³-hybridized carbons (Fsp3) is 0.125. The Morgan fingerprint density at radius 2 is 1.83 bits per heavy atom. The molecule has 1 amide bonds. The summed E-state index contributed by atoms with van der Waals surface area (Å²) in [5.74, 6) is -0.239. The van der Waals surface area contributed by atoms with E-state index >= 15 is 0 Å². The summed E-state index contributed by atoms with van der Waals surface area (Å²) in [6.07, 6.45) is 1.66. The van der Waals surface area contributed by atoms with Crippen LogP contribution in [0, 0.1) is 13.8 Å². The minimum Gasteiger partial charge on any atom is -0.267 e. The molecule has 0 bridgehead atoms. The van der Waals surface area contributed by atoms with Gasteiger partial charge in [-0.1, -0.05) is 48.5 Å². The summed E-state index contributed by atoms with van der Waals surface area (Å²) in [6, 6.07) is 23.8. The van der Waals surface area contributed by atoms with Gasteiger partial charge in [0.1, 0.15) is 0 Å². The number of fused-ring (bicyclic) bond motifs is 1. The van der Waals surface area contributed by atoms with Crippen LogP contribution in [0.1, 0.15) is 32.9 Å². The predicted molar refractivity (Wildman–Crippen MR) is 116 cm³/mol. The van der Waals surface area contributed by atoms with Gasteiger partial charge < -0.3 is 0 Å². The summed E-state index contributed by atoms with van der Waals surface area (Å²) in [4.78, 5) is 12.5. The number of nitrogens with one attached hydrogen (secondary N) is 1. The van der Waals surface area contributed by atoms with Crippen LogP contribution >= 0.6 is 0 Å². The number of carbonyl (C=O) groups excluding carboxylic acids is 1. The number of hydrogen-bond donors (Lipinski definition) is 1. The Labute approximate surface area is 169 Å². The molecule has 4 aromatic rings. The molecule has 0 radical (unpaired) electrons. The fourth-order valence-corrected chi connectivity index (χ4v) is 3.34. The number of aryl methyl sites for hydroxylation is 2. The van der Waals surface area contributed by atoms with Crippen molar-refractivity contribution >= 4 is 22.9 Å². The third-order valence-electron chi connectivity index (χ3n) is 4.78. The average Bonchev–Trinajstić information content (AvgIpc) is 3.04. The first-order valence-corrected chi connectivity index (χ1v) is 9.51. The van der Waals surface area contributed by atoms with Crippen LogP contribution in [0.3, 0.4) is 0 Å². The first-order valence-electron chi connectivity index (χ1n) is 9.51. The zero-order chi connectivity index (χ0) is 20.2. The summed E-state index contributed by atoms with van der Waals surface area (Å²) in [5.41, 5.74) is 7.21. The topological polar surface area (TPSA) is 59.3 Å². The van der Waals surface area contributed by atoms with Crippen LogP contribution in [0.5, 0.6) is 0 Å². The molecule has 3 aromatic carbocycles. The van der Waals surface area contributed by atoms with Gasteiger partial charge in [-0.15, -0.1) is 0 Å². The molecule has 0 aliphatic carbocycles. The normalized spacial score (nSPS) is 11.2. The average molecular weight is 382 g/mol. The maximum absolute atomic E-state index is 12.5. The van der Waals surface area contributed by atoms with Gasteiger partial charge in [0.25, 0.3) is 5.91 Å². The van der Waals surface area contributed by atoms with Crippen LogP contribution in [0.15, 0.2) is 77.9 Å². The maximum atomic E-state index is 12.5. The van der Waals surface area contributed by atoms with E-state index < -0.39 is 0 Å². The van der Waals surface area contributed by atoms with E-state index in [4.69, 9.17) is 0 Å². The van der Waals surface area contributed by atoms with Crippen molar-refractivity contribution in [1.82, 2.24) is 15.2 Å². The van der Waals surface area contributed by atoms with Gasteiger partial charge in [0.15, 0.2) is 0 Å². The molecule has 0 saturated carbocycles. The smallest absolute Gasteiger partial charge is 0.267 e. The molecule has 0 aliphatic heterocycles. The van der Waals surface area contributed by atoms with E-state index in [1.807, 2.05) is 73.1 Å². The highest BCUT2D eigenvalue weighted by Crippen LogP contribution is 2.14. The first kappa shape index (κ1) is 18.6. The molecule has 1 heterocycles. The molecule has 0 unspecified atom stereocenters. The highest BCUT2D eigenvalue weighted by Gasteiger charge is 2.07. The predicted octanol–water partition coefficient (Wildman–Crippen LogP) is 4.47. The minimum atomic E-state index is -0.239. The Bertz CT molecular complexity index is 1210. The third-order valence-corrected chi connectivity index (χ3v) is 4.78. The van der Waals surface area contributed by atoms with Crippen molar-refractivity contribution in [3.05, 3.63) is 101 Å². The van der Waals surface area contributed by atoms with E-state index in [9.17, 15) is 4.79 Å². The Morgan fingerprint density at radius 1 is 1.00 bits per heavy atom. The number of aromatic nitrogens is 2. The molecule has 5 heteroatoms. The fourth-order valence-electron chi connectivity index (χ4n) is 3.34. The van der Waals surface area contributed by atoms with E-state index in [2.05, 4.69) is 27.8 Å². The minimum absolute atomic E-state index is 0.239. The standard InChI is InChI=1S/C24H22N4O/c1-17-12-18(2)28(27-17)16-20-6-5-9-23(14-20)24(29)26-25-15-19-10-11-21-7-3-4-8-22(21)13-19/h3-15H,16H2,1-2H3,(H,26,29)/b25-15+. The van der Waals surface area contributed by atoms with E-state index in [1.54, 1.807) is 12.3 Å². The monoisotopic (exact) mass is 382 g/mol. The van der Waals surface area contributed by atoms with Crippen molar-refractivity contribution in [2.24, 2.45) is 5.10 Å². The molecule has 0 aliphatic rings. The Kier molecular flexibility index (Phi) is 5.20. The lowest BCUT2D eigenvalue weighted by Gasteiger charge is -2.07. The molecule has 0 atom stereocenters. The van der Waals surface area contributed by atoms with Crippen LogP contribution < -0.4 is 5.43 Å². The Balaban J connectivity index is 1.43. The second-order valence-corrected chi connectivity index (χ2v) is 7.09. The molecule has 0 saturated heterocycles. The van der Waals surface area contributed by atoms with E-state index in [-0.39, 0.29) is 5.91 Å². The molecule has 5 nitrogen and oxygen atoms in total. The zero-order valence-corrected chi connectivity index (χ0v) is 16.5. The van der Waals surface area contributed by atoms with Gasteiger partial charge in [-0.3, -0.25) is 9.48 Å². The lowest BCUT2D eigenvalue weighted by atomic mass is 10.1. The van der Waals surface area contributed by atoms with Gasteiger partial charge in [-0.2, -0.15) is 10.2 Å².